The molecule has 1 aliphatic heterocycles. The molecule has 1 saturated heterocycles. The van der Waals surface area contributed by atoms with Gasteiger partial charge in [0.15, 0.2) is 9.84 Å². The lowest BCUT2D eigenvalue weighted by molar-refractivity contribution is 0.0921. The first kappa shape index (κ1) is 17.9. The molecule has 0 aromatic heterocycles. The quantitative estimate of drug-likeness (QED) is 0.891. The molecule has 1 atom stereocenters. The summed E-state index contributed by atoms with van der Waals surface area (Å²) in [6.45, 7) is 7.10. The lowest BCUT2D eigenvalue weighted by atomic mass is 9.98. The molecule has 128 valence electrons. The van der Waals surface area contributed by atoms with E-state index in [0.717, 1.165) is 25.3 Å². The molecule has 1 N–H and O–H groups in total. The van der Waals surface area contributed by atoms with Gasteiger partial charge in [0.1, 0.15) is 0 Å². The lowest BCUT2D eigenvalue weighted by Crippen LogP contribution is -2.45. The molecule has 1 aromatic carbocycles. The second-order valence-corrected chi connectivity index (χ2v) is 8.59. The normalized spacial score (nSPS) is 18.6. The van der Waals surface area contributed by atoms with Crippen LogP contribution in [0.2, 0.25) is 0 Å². The van der Waals surface area contributed by atoms with Crippen molar-refractivity contribution < 1.29 is 13.2 Å². The van der Waals surface area contributed by atoms with Crippen LogP contribution >= 0.6 is 0 Å². The van der Waals surface area contributed by atoms with Gasteiger partial charge >= 0.3 is 0 Å². The number of nitrogens with one attached hydrogen (secondary N) is 1. The van der Waals surface area contributed by atoms with Gasteiger partial charge in [0.2, 0.25) is 0 Å². The van der Waals surface area contributed by atoms with Crippen molar-refractivity contribution in [2.75, 3.05) is 25.9 Å². The van der Waals surface area contributed by atoms with Crippen molar-refractivity contribution in [3.05, 3.63) is 29.8 Å². The van der Waals surface area contributed by atoms with Crippen LogP contribution in [0.1, 0.15) is 37.0 Å². The highest BCUT2D eigenvalue weighted by atomic mass is 32.2. The molecule has 0 spiro atoms. The maximum Gasteiger partial charge on any atom is 0.251 e. The fourth-order valence-corrected chi connectivity index (χ4v) is 3.48. The molecule has 1 amide bonds. The van der Waals surface area contributed by atoms with Crippen molar-refractivity contribution in [3.8, 4) is 0 Å². The molecular formula is C17H26N2O3S. The minimum atomic E-state index is -3.30. The predicted molar refractivity (Wildman–Crippen MR) is 91.3 cm³/mol. The Morgan fingerprint density at radius 1 is 1.35 bits per heavy atom. The van der Waals surface area contributed by atoms with Crippen LogP contribution in [0.15, 0.2) is 29.2 Å². The molecule has 0 aliphatic carbocycles. The highest BCUT2D eigenvalue weighted by molar-refractivity contribution is 7.90. The standard InChI is InChI=1S/C17H26N2O3S/c1-13-7-9-19(10-8-13)14(2)12-18-17(20)15-5-4-6-16(11-15)23(3,21)22/h4-6,11,13-14H,7-10,12H2,1-3H3,(H,18,20)/t14-/m1/s1. The summed E-state index contributed by atoms with van der Waals surface area (Å²) in [4.78, 5) is 14.8. The first-order valence-electron chi connectivity index (χ1n) is 8.09. The highest BCUT2D eigenvalue weighted by Crippen LogP contribution is 2.17. The van der Waals surface area contributed by atoms with Gasteiger partial charge in [0, 0.05) is 24.4 Å². The minimum Gasteiger partial charge on any atom is -0.350 e. The second-order valence-electron chi connectivity index (χ2n) is 6.58. The van der Waals surface area contributed by atoms with E-state index in [1.807, 2.05) is 0 Å². The third kappa shape index (κ3) is 5.04. The molecule has 0 saturated carbocycles. The van der Waals surface area contributed by atoms with E-state index in [4.69, 9.17) is 0 Å². The summed E-state index contributed by atoms with van der Waals surface area (Å²) in [5, 5.41) is 2.91. The smallest absolute Gasteiger partial charge is 0.251 e. The van der Waals surface area contributed by atoms with Crippen molar-refractivity contribution in [1.82, 2.24) is 10.2 Å². The van der Waals surface area contributed by atoms with Crippen LogP contribution in [-0.2, 0) is 9.84 Å². The summed E-state index contributed by atoms with van der Waals surface area (Å²) >= 11 is 0. The molecule has 23 heavy (non-hydrogen) atoms. The molecule has 0 bridgehead atoms. The van der Waals surface area contributed by atoms with E-state index in [0.29, 0.717) is 12.1 Å². The Hall–Kier alpha value is -1.40. The van der Waals surface area contributed by atoms with Crippen molar-refractivity contribution in [3.63, 3.8) is 0 Å². The third-order valence-electron chi connectivity index (χ3n) is 4.52. The molecular weight excluding hydrogens is 312 g/mol. The summed E-state index contributed by atoms with van der Waals surface area (Å²) in [5.74, 6) is 0.555. The fourth-order valence-electron chi connectivity index (χ4n) is 2.81. The number of sulfone groups is 1. The SMILES string of the molecule is CC1CCN([C@H](C)CNC(=O)c2cccc(S(C)(=O)=O)c2)CC1. The van der Waals surface area contributed by atoms with Gasteiger partial charge in [-0.05, 0) is 57.0 Å². The Labute approximate surface area is 139 Å². The van der Waals surface area contributed by atoms with Crippen molar-refractivity contribution in [2.24, 2.45) is 5.92 Å². The van der Waals surface area contributed by atoms with Crippen LogP contribution in [0.4, 0.5) is 0 Å². The molecule has 0 radical (unpaired) electrons. The van der Waals surface area contributed by atoms with Crippen LogP contribution in [-0.4, -0.2) is 51.2 Å². The van der Waals surface area contributed by atoms with E-state index in [-0.39, 0.29) is 16.8 Å². The average Bonchev–Trinajstić information content (AvgIpc) is 2.52. The first-order valence-corrected chi connectivity index (χ1v) is 9.99. The van der Waals surface area contributed by atoms with Crippen LogP contribution in [0, 0.1) is 5.92 Å². The van der Waals surface area contributed by atoms with Gasteiger partial charge in [0.05, 0.1) is 4.90 Å². The Morgan fingerprint density at radius 2 is 2.00 bits per heavy atom. The molecule has 1 heterocycles. The van der Waals surface area contributed by atoms with E-state index in [1.54, 1.807) is 12.1 Å². The van der Waals surface area contributed by atoms with Gasteiger partial charge in [-0.1, -0.05) is 13.0 Å². The molecule has 1 aliphatic rings. The molecule has 6 heteroatoms. The number of hydrogen-bond donors (Lipinski definition) is 1. The van der Waals surface area contributed by atoms with E-state index >= 15 is 0 Å². The van der Waals surface area contributed by atoms with Gasteiger partial charge in [-0.2, -0.15) is 0 Å². The van der Waals surface area contributed by atoms with Crippen LogP contribution in [0.5, 0.6) is 0 Å². The molecule has 5 nitrogen and oxygen atoms in total. The van der Waals surface area contributed by atoms with Crippen molar-refractivity contribution in [1.29, 1.82) is 0 Å². The number of benzene rings is 1. The summed E-state index contributed by atoms with van der Waals surface area (Å²) in [6, 6.07) is 6.45. The lowest BCUT2D eigenvalue weighted by Gasteiger charge is -2.35. The maximum absolute atomic E-state index is 12.2. The van der Waals surface area contributed by atoms with Gasteiger partial charge in [-0.25, -0.2) is 8.42 Å². The zero-order valence-electron chi connectivity index (χ0n) is 14.1. The van der Waals surface area contributed by atoms with E-state index in [1.165, 1.54) is 25.0 Å². The zero-order chi connectivity index (χ0) is 17.0. The summed E-state index contributed by atoms with van der Waals surface area (Å²) in [7, 11) is -3.30. The fraction of sp³-hybridized carbons (Fsp3) is 0.588. The number of rotatable bonds is 5. The topological polar surface area (TPSA) is 66.5 Å². The van der Waals surface area contributed by atoms with Crippen LogP contribution in [0.3, 0.4) is 0 Å². The van der Waals surface area contributed by atoms with Crippen LogP contribution < -0.4 is 5.32 Å². The largest absolute Gasteiger partial charge is 0.350 e. The van der Waals surface area contributed by atoms with Crippen molar-refractivity contribution in [2.45, 2.75) is 37.6 Å². The first-order chi connectivity index (χ1) is 10.8. The Kier molecular flexibility index (Phi) is 5.81. The third-order valence-corrected chi connectivity index (χ3v) is 5.63. The maximum atomic E-state index is 12.2. The summed E-state index contributed by atoms with van der Waals surface area (Å²) in [6.07, 6.45) is 3.55. The monoisotopic (exact) mass is 338 g/mol. The van der Waals surface area contributed by atoms with Gasteiger partial charge < -0.3 is 5.32 Å². The van der Waals surface area contributed by atoms with E-state index < -0.39 is 9.84 Å². The molecule has 1 aromatic rings. The number of nitrogens with zero attached hydrogens (tertiary/aromatic N) is 1. The highest BCUT2D eigenvalue weighted by Gasteiger charge is 2.21. The van der Waals surface area contributed by atoms with Crippen molar-refractivity contribution >= 4 is 15.7 Å². The Bertz CT molecular complexity index is 650. The zero-order valence-corrected chi connectivity index (χ0v) is 14.9. The molecule has 0 unspecified atom stereocenters. The number of amides is 1. The van der Waals surface area contributed by atoms with Crippen LogP contribution in [0.25, 0.3) is 0 Å². The van der Waals surface area contributed by atoms with E-state index in [2.05, 4.69) is 24.1 Å². The average molecular weight is 338 g/mol. The summed E-state index contributed by atoms with van der Waals surface area (Å²) < 4.78 is 23.1. The minimum absolute atomic E-state index is 0.170. The number of carbonyl (C=O) groups is 1. The van der Waals surface area contributed by atoms with Gasteiger partial charge in [0.25, 0.3) is 5.91 Å². The number of piperidine rings is 1. The van der Waals surface area contributed by atoms with Gasteiger partial charge in [-0.15, -0.1) is 0 Å². The molecule has 1 fully saturated rings. The number of hydrogen-bond acceptors (Lipinski definition) is 4. The van der Waals surface area contributed by atoms with E-state index in [9.17, 15) is 13.2 Å². The Morgan fingerprint density at radius 3 is 2.61 bits per heavy atom. The number of carbonyl (C=O) groups excluding carboxylic acids is 1. The number of likely N-dealkylation sites (tertiary alicyclic amines) is 1. The predicted octanol–water partition coefficient (Wildman–Crippen LogP) is 1.94. The summed E-state index contributed by atoms with van der Waals surface area (Å²) in [5.41, 5.74) is 0.382. The Balaban J connectivity index is 1.92. The van der Waals surface area contributed by atoms with Gasteiger partial charge in [-0.3, -0.25) is 9.69 Å². The second kappa shape index (κ2) is 7.45. The molecule has 2 rings (SSSR count).